The second kappa shape index (κ2) is 5.22. The number of benzene rings is 1. The first kappa shape index (κ1) is 9.62. The molecule has 12 heavy (non-hydrogen) atoms. The smallest absolute Gasteiger partial charge is 0.0178 e. The molecule has 0 radical (unpaired) electrons. The standard InChI is InChI=1S/C10H15NS/c11-8-10-4-1-3-9(7-10)5-2-6-12/h1,3-4,7,12H,2,5-6,8,11H2. The molecule has 0 saturated heterocycles. The van der Waals surface area contributed by atoms with Gasteiger partial charge in [-0.1, -0.05) is 24.3 Å². The van der Waals surface area contributed by atoms with Crippen LogP contribution < -0.4 is 5.73 Å². The lowest BCUT2D eigenvalue weighted by Crippen LogP contribution is -1.97. The molecule has 0 fully saturated rings. The van der Waals surface area contributed by atoms with Crippen LogP contribution in [-0.4, -0.2) is 5.75 Å². The topological polar surface area (TPSA) is 26.0 Å². The van der Waals surface area contributed by atoms with Crippen molar-refractivity contribution >= 4 is 12.6 Å². The molecule has 0 spiro atoms. The van der Waals surface area contributed by atoms with E-state index < -0.39 is 0 Å². The van der Waals surface area contributed by atoms with E-state index in [0.29, 0.717) is 6.54 Å². The van der Waals surface area contributed by atoms with Crippen molar-refractivity contribution in [2.24, 2.45) is 5.73 Å². The predicted octanol–water partition coefficient (Wildman–Crippen LogP) is 2.01. The normalized spacial score (nSPS) is 10.2. The Balaban J connectivity index is 2.60. The molecule has 0 aliphatic heterocycles. The Morgan fingerprint density at radius 1 is 1.25 bits per heavy atom. The van der Waals surface area contributed by atoms with E-state index >= 15 is 0 Å². The molecule has 2 heteroatoms. The van der Waals surface area contributed by atoms with E-state index in [4.69, 9.17) is 5.73 Å². The molecule has 0 aliphatic carbocycles. The Hall–Kier alpha value is -0.470. The largest absolute Gasteiger partial charge is 0.326 e. The highest BCUT2D eigenvalue weighted by Crippen LogP contribution is 2.07. The van der Waals surface area contributed by atoms with Gasteiger partial charge in [-0.2, -0.15) is 12.6 Å². The fraction of sp³-hybridized carbons (Fsp3) is 0.400. The molecule has 0 heterocycles. The Morgan fingerprint density at radius 2 is 2.00 bits per heavy atom. The zero-order valence-corrected chi connectivity index (χ0v) is 8.06. The summed E-state index contributed by atoms with van der Waals surface area (Å²) in [4.78, 5) is 0. The van der Waals surface area contributed by atoms with Gasteiger partial charge in [0.25, 0.3) is 0 Å². The zero-order valence-electron chi connectivity index (χ0n) is 7.16. The van der Waals surface area contributed by atoms with Gasteiger partial charge < -0.3 is 5.73 Å². The molecule has 0 atom stereocenters. The number of nitrogens with two attached hydrogens (primary N) is 1. The van der Waals surface area contributed by atoms with Crippen molar-refractivity contribution in [1.29, 1.82) is 0 Å². The molecule has 0 saturated carbocycles. The van der Waals surface area contributed by atoms with Crippen LogP contribution in [0.1, 0.15) is 17.5 Å². The van der Waals surface area contributed by atoms with E-state index in [9.17, 15) is 0 Å². The van der Waals surface area contributed by atoms with Gasteiger partial charge in [0.2, 0.25) is 0 Å². The molecule has 66 valence electrons. The third-order valence-corrected chi connectivity index (χ3v) is 2.17. The van der Waals surface area contributed by atoms with Gasteiger partial charge in [-0.05, 0) is 29.7 Å². The van der Waals surface area contributed by atoms with Crippen LogP contribution in [0.25, 0.3) is 0 Å². The molecule has 1 nitrogen and oxygen atoms in total. The summed E-state index contributed by atoms with van der Waals surface area (Å²) in [5.74, 6) is 0.951. The average molecular weight is 181 g/mol. The van der Waals surface area contributed by atoms with Gasteiger partial charge in [-0.15, -0.1) is 0 Å². The lowest BCUT2D eigenvalue weighted by molar-refractivity contribution is 0.929. The van der Waals surface area contributed by atoms with Gasteiger partial charge in [-0.3, -0.25) is 0 Å². The maximum absolute atomic E-state index is 5.53. The minimum Gasteiger partial charge on any atom is -0.326 e. The van der Waals surface area contributed by atoms with Crippen molar-refractivity contribution in [1.82, 2.24) is 0 Å². The zero-order chi connectivity index (χ0) is 8.81. The number of rotatable bonds is 4. The Morgan fingerprint density at radius 3 is 2.67 bits per heavy atom. The van der Waals surface area contributed by atoms with Crippen LogP contribution in [0.4, 0.5) is 0 Å². The molecule has 1 rings (SSSR count). The fourth-order valence-electron chi connectivity index (χ4n) is 1.20. The first-order valence-corrected chi connectivity index (χ1v) is 4.89. The summed E-state index contributed by atoms with van der Waals surface area (Å²) >= 11 is 4.17. The SMILES string of the molecule is NCc1cccc(CCCS)c1. The van der Waals surface area contributed by atoms with Crippen molar-refractivity contribution in [2.45, 2.75) is 19.4 Å². The molecular formula is C10H15NS. The van der Waals surface area contributed by atoms with Crippen LogP contribution in [-0.2, 0) is 13.0 Å². The van der Waals surface area contributed by atoms with Gasteiger partial charge in [-0.25, -0.2) is 0 Å². The lowest BCUT2D eigenvalue weighted by Gasteiger charge is -2.01. The average Bonchev–Trinajstić information content (AvgIpc) is 2.15. The molecule has 1 aromatic carbocycles. The first-order valence-electron chi connectivity index (χ1n) is 4.25. The van der Waals surface area contributed by atoms with E-state index in [2.05, 4.69) is 36.9 Å². The van der Waals surface area contributed by atoms with Crippen LogP contribution in [0.5, 0.6) is 0 Å². The number of hydrogen-bond donors (Lipinski definition) is 2. The van der Waals surface area contributed by atoms with E-state index in [1.165, 1.54) is 11.1 Å². The van der Waals surface area contributed by atoms with Crippen molar-refractivity contribution in [3.63, 3.8) is 0 Å². The molecule has 2 N–H and O–H groups in total. The highest BCUT2D eigenvalue weighted by molar-refractivity contribution is 7.80. The summed E-state index contributed by atoms with van der Waals surface area (Å²) < 4.78 is 0. The third kappa shape index (κ3) is 2.88. The number of thiol groups is 1. The van der Waals surface area contributed by atoms with Gasteiger partial charge in [0.1, 0.15) is 0 Å². The fourth-order valence-corrected chi connectivity index (χ4v) is 1.35. The molecular weight excluding hydrogens is 166 g/mol. The maximum atomic E-state index is 5.53. The van der Waals surface area contributed by atoms with E-state index in [1.54, 1.807) is 0 Å². The second-order valence-corrected chi connectivity index (χ2v) is 3.30. The van der Waals surface area contributed by atoms with Crippen LogP contribution >= 0.6 is 12.6 Å². The maximum Gasteiger partial charge on any atom is 0.0178 e. The van der Waals surface area contributed by atoms with Crippen LogP contribution in [0.2, 0.25) is 0 Å². The molecule has 0 amide bonds. The minimum atomic E-state index is 0.634. The number of aryl methyl sites for hydroxylation is 1. The summed E-state index contributed by atoms with van der Waals surface area (Å²) in [6, 6.07) is 8.44. The monoisotopic (exact) mass is 181 g/mol. The van der Waals surface area contributed by atoms with Gasteiger partial charge in [0, 0.05) is 6.54 Å². The van der Waals surface area contributed by atoms with E-state index in [0.717, 1.165) is 18.6 Å². The van der Waals surface area contributed by atoms with Crippen molar-refractivity contribution < 1.29 is 0 Å². The Kier molecular flexibility index (Phi) is 4.19. The van der Waals surface area contributed by atoms with Gasteiger partial charge in [0.05, 0.1) is 0 Å². The molecule has 0 aliphatic rings. The summed E-state index contributed by atoms with van der Waals surface area (Å²) in [6.45, 7) is 0.634. The molecule has 0 unspecified atom stereocenters. The highest BCUT2D eigenvalue weighted by atomic mass is 32.1. The Bertz CT molecular complexity index is 235. The van der Waals surface area contributed by atoms with E-state index in [1.807, 2.05) is 0 Å². The summed E-state index contributed by atoms with van der Waals surface area (Å²) in [5, 5.41) is 0. The Labute approximate surface area is 79.4 Å². The number of hydrogen-bond acceptors (Lipinski definition) is 2. The van der Waals surface area contributed by atoms with Crippen molar-refractivity contribution in [2.75, 3.05) is 5.75 Å². The molecule has 1 aromatic rings. The molecule has 0 bridgehead atoms. The van der Waals surface area contributed by atoms with Crippen molar-refractivity contribution in [3.8, 4) is 0 Å². The molecule has 0 aromatic heterocycles. The lowest BCUT2D eigenvalue weighted by atomic mass is 10.1. The van der Waals surface area contributed by atoms with Gasteiger partial charge in [0.15, 0.2) is 0 Å². The quantitative estimate of drug-likeness (QED) is 0.683. The van der Waals surface area contributed by atoms with Gasteiger partial charge >= 0.3 is 0 Å². The summed E-state index contributed by atoms with van der Waals surface area (Å²) in [5.41, 5.74) is 8.11. The third-order valence-electron chi connectivity index (χ3n) is 1.85. The highest BCUT2D eigenvalue weighted by Gasteiger charge is 1.93. The summed E-state index contributed by atoms with van der Waals surface area (Å²) in [7, 11) is 0. The second-order valence-electron chi connectivity index (χ2n) is 2.85. The summed E-state index contributed by atoms with van der Waals surface area (Å²) in [6.07, 6.45) is 2.24. The predicted molar refractivity (Wildman–Crippen MR) is 56.5 cm³/mol. The minimum absolute atomic E-state index is 0.634. The van der Waals surface area contributed by atoms with Crippen molar-refractivity contribution in [3.05, 3.63) is 35.4 Å². The van der Waals surface area contributed by atoms with Crippen LogP contribution in [0, 0.1) is 0 Å². The van der Waals surface area contributed by atoms with E-state index in [-0.39, 0.29) is 0 Å². The van der Waals surface area contributed by atoms with Crippen LogP contribution in [0.15, 0.2) is 24.3 Å². The van der Waals surface area contributed by atoms with Crippen LogP contribution in [0.3, 0.4) is 0 Å². The first-order chi connectivity index (χ1) is 5.86.